The number of benzene rings is 1. The quantitative estimate of drug-likeness (QED) is 0.706. The van der Waals surface area contributed by atoms with Crippen LogP contribution in [0.3, 0.4) is 0 Å². The zero-order chi connectivity index (χ0) is 20.4. The highest BCUT2D eigenvalue weighted by Gasteiger charge is 2.21. The highest BCUT2D eigenvalue weighted by atomic mass is 16.3. The molecule has 0 aliphatic carbocycles. The first kappa shape index (κ1) is 19.1. The van der Waals surface area contributed by atoms with E-state index < -0.39 is 0 Å². The minimum Gasteiger partial charge on any atom is -0.444 e. The van der Waals surface area contributed by atoms with E-state index in [9.17, 15) is 4.79 Å². The summed E-state index contributed by atoms with van der Waals surface area (Å²) in [6.07, 6.45) is 6.81. The molecule has 2 aromatic heterocycles. The number of anilines is 2. The fraction of sp³-hybridized carbons (Fsp3) is 0.318. The summed E-state index contributed by atoms with van der Waals surface area (Å²) in [4.78, 5) is 23.6. The van der Waals surface area contributed by atoms with E-state index in [1.807, 2.05) is 38.1 Å². The summed E-state index contributed by atoms with van der Waals surface area (Å²) in [5.41, 5.74) is 11.0. The molecule has 3 aromatic rings. The Morgan fingerprint density at radius 1 is 1.31 bits per heavy atom. The van der Waals surface area contributed by atoms with Gasteiger partial charge in [-0.3, -0.25) is 9.78 Å². The van der Waals surface area contributed by atoms with Crippen LogP contribution in [0.5, 0.6) is 0 Å². The number of aryl methyl sites for hydroxylation is 1. The molecule has 0 spiro atoms. The van der Waals surface area contributed by atoms with Crippen molar-refractivity contribution in [2.75, 3.05) is 23.3 Å². The smallest absolute Gasteiger partial charge is 0.277 e. The first-order valence-corrected chi connectivity index (χ1v) is 9.81. The number of piperidine rings is 1. The van der Waals surface area contributed by atoms with Crippen molar-refractivity contribution in [1.29, 1.82) is 0 Å². The first-order valence-electron chi connectivity index (χ1n) is 9.81. The second-order valence-electron chi connectivity index (χ2n) is 7.48. The molecule has 29 heavy (non-hydrogen) atoms. The number of carbonyl (C=O) groups is 1. The van der Waals surface area contributed by atoms with Gasteiger partial charge < -0.3 is 20.4 Å². The molecule has 1 atom stereocenters. The van der Waals surface area contributed by atoms with Crippen LogP contribution in [0.4, 0.5) is 11.4 Å². The predicted molar refractivity (Wildman–Crippen MR) is 113 cm³/mol. The molecule has 1 fully saturated rings. The lowest BCUT2D eigenvalue weighted by molar-refractivity contribution is 0.102. The Hall–Kier alpha value is -3.19. The van der Waals surface area contributed by atoms with E-state index in [1.54, 1.807) is 12.4 Å². The molecule has 3 N–H and O–H groups in total. The van der Waals surface area contributed by atoms with E-state index in [4.69, 9.17) is 10.2 Å². The number of nitrogens with one attached hydrogen (secondary N) is 1. The number of nitrogens with zero attached hydrogens (tertiary/aromatic N) is 3. The van der Waals surface area contributed by atoms with Gasteiger partial charge >= 0.3 is 0 Å². The lowest BCUT2D eigenvalue weighted by Crippen LogP contribution is -2.43. The second-order valence-corrected chi connectivity index (χ2v) is 7.48. The van der Waals surface area contributed by atoms with Gasteiger partial charge in [0.15, 0.2) is 5.69 Å². The van der Waals surface area contributed by atoms with Crippen molar-refractivity contribution >= 4 is 17.3 Å². The molecular formula is C22H25N5O2. The Morgan fingerprint density at radius 3 is 3.00 bits per heavy atom. The maximum Gasteiger partial charge on any atom is 0.277 e. The monoisotopic (exact) mass is 391 g/mol. The number of carbonyl (C=O) groups excluding carboxylic acids is 1. The van der Waals surface area contributed by atoms with E-state index in [-0.39, 0.29) is 17.6 Å². The van der Waals surface area contributed by atoms with Gasteiger partial charge in [-0.2, -0.15) is 0 Å². The third-order valence-electron chi connectivity index (χ3n) is 5.42. The summed E-state index contributed by atoms with van der Waals surface area (Å²) in [5, 5.41) is 2.92. The van der Waals surface area contributed by atoms with Crippen LogP contribution in [0.2, 0.25) is 0 Å². The molecule has 1 aliphatic heterocycles. The Balaban J connectivity index is 1.55. The Kier molecular flexibility index (Phi) is 5.31. The molecule has 4 rings (SSSR count). The van der Waals surface area contributed by atoms with Gasteiger partial charge in [-0.05, 0) is 49.9 Å². The number of nitrogens with two attached hydrogens (primary N) is 1. The molecule has 1 saturated heterocycles. The lowest BCUT2D eigenvalue weighted by atomic mass is 10.0. The summed E-state index contributed by atoms with van der Waals surface area (Å²) in [6, 6.07) is 7.96. The summed E-state index contributed by atoms with van der Waals surface area (Å²) in [6.45, 7) is 5.71. The van der Waals surface area contributed by atoms with Crippen molar-refractivity contribution in [2.45, 2.75) is 32.7 Å². The van der Waals surface area contributed by atoms with E-state index in [0.29, 0.717) is 11.6 Å². The number of pyridine rings is 1. The van der Waals surface area contributed by atoms with Crippen molar-refractivity contribution in [2.24, 2.45) is 5.73 Å². The van der Waals surface area contributed by atoms with Gasteiger partial charge in [0.2, 0.25) is 5.89 Å². The van der Waals surface area contributed by atoms with Crippen LogP contribution >= 0.6 is 0 Å². The van der Waals surface area contributed by atoms with Crippen LogP contribution in [0.15, 0.2) is 47.3 Å². The van der Waals surface area contributed by atoms with Crippen LogP contribution in [-0.4, -0.2) is 35.0 Å². The molecule has 1 aromatic carbocycles. The minimum absolute atomic E-state index is 0.135. The topological polar surface area (TPSA) is 97.3 Å². The number of aromatic nitrogens is 2. The third-order valence-corrected chi connectivity index (χ3v) is 5.42. The SMILES string of the molecule is Cc1cccc(-c2nc(C(=O)Nc3cnccc3N3CCC[C@H](N)C3)co2)c1C. The van der Waals surface area contributed by atoms with Crippen molar-refractivity contribution in [1.82, 2.24) is 9.97 Å². The second kappa shape index (κ2) is 8.05. The average Bonchev–Trinajstić information content (AvgIpc) is 3.21. The molecule has 0 radical (unpaired) electrons. The van der Waals surface area contributed by atoms with Gasteiger partial charge in [0.05, 0.1) is 17.6 Å². The molecule has 1 aliphatic rings. The Bertz CT molecular complexity index is 1030. The number of oxazole rings is 1. The van der Waals surface area contributed by atoms with Crippen molar-refractivity contribution in [3.05, 3.63) is 59.7 Å². The number of rotatable bonds is 4. The number of hydrogen-bond acceptors (Lipinski definition) is 6. The fourth-order valence-corrected chi connectivity index (χ4v) is 3.66. The molecular weight excluding hydrogens is 366 g/mol. The van der Waals surface area contributed by atoms with Crippen LogP contribution in [0.25, 0.3) is 11.5 Å². The van der Waals surface area contributed by atoms with Crippen molar-refractivity contribution in [3.8, 4) is 11.5 Å². The summed E-state index contributed by atoms with van der Waals surface area (Å²) in [7, 11) is 0. The van der Waals surface area contributed by atoms with Crippen molar-refractivity contribution in [3.63, 3.8) is 0 Å². The zero-order valence-corrected chi connectivity index (χ0v) is 16.7. The van der Waals surface area contributed by atoms with Crippen LogP contribution in [-0.2, 0) is 0 Å². The zero-order valence-electron chi connectivity index (χ0n) is 16.7. The van der Waals surface area contributed by atoms with Gasteiger partial charge in [0.25, 0.3) is 5.91 Å². The summed E-state index contributed by atoms with van der Waals surface area (Å²) >= 11 is 0. The minimum atomic E-state index is -0.333. The standard InChI is InChI=1S/C22H25N5O2/c1-14-5-3-7-17(15(14)2)22-26-19(13-29-22)21(28)25-18-11-24-9-8-20(18)27-10-4-6-16(23)12-27/h3,5,7-9,11,13,16H,4,6,10,12,23H2,1-2H3,(H,25,28)/t16-/m0/s1. The predicted octanol–water partition coefficient (Wildman–Crippen LogP) is 3.53. The number of hydrogen-bond donors (Lipinski definition) is 2. The Labute approximate surface area is 170 Å². The maximum atomic E-state index is 12.8. The first-order chi connectivity index (χ1) is 14.0. The molecule has 0 bridgehead atoms. The molecule has 3 heterocycles. The summed E-state index contributed by atoms with van der Waals surface area (Å²) in [5.74, 6) is 0.102. The van der Waals surface area contributed by atoms with Gasteiger partial charge in [-0.1, -0.05) is 12.1 Å². The van der Waals surface area contributed by atoms with Crippen LogP contribution in [0, 0.1) is 13.8 Å². The Morgan fingerprint density at radius 2 is 2.17 bits per heavy atom. The van der Waals surface area contributed by atoms with Crippen LogP contribution in [0.1, 0.15) is 34.5 Å². The lowest BCUT2D eigenvalue weighted by Gasteiger charge is -2.33. The molecule has 0 unspecified atom stereocenters. The van der Waals surface area contributed by atoms with Crippen molar-refractivity contribution < 1.29 is 9.21 Å². The van der Waals surface area contributed by atoms with Gasteiger partial charge in [0, 0.05) is 30.9 Å². The molecule has 150 valence electrons. The largest absolute Gasteiger partial charge is 0.444 e. The number of amides is 1. The van der Waals surface area contributed by atoms with Gasteiger partial charge in [-0.25, -0.2) is 4.98 Å². The van der Waals surface area contributed by atoms with E-state index in [1.165, 1.54) is 6.26 Å². The highest BCUT2D eigenvalue weighted by Crippen LogP contribution is 2.28. The van der Waals surface area contributed by atoms with E-state index in [2.05, 4.69) is 20.2 Å². The molecule has 7 nitrogen and oxygen atoms in total. The molecule has 1 amide bonds. The molecule has 7 heteroatoms. The van der Waals surface area contributed by atoms with Crippen LogP contribution < -0.4 is 16.0 Å². The fourth-order valence-electron chi connectivity index (χ4n) is 3.66. The van der Waals surface area contributed by atoms with Gasteiger partial charge in [0.1, 0.15) is 6.26 Å². The maximum absolute atomic E-state index is 12.8. The summed E-state index contributed by atoms with van der Waals surface area (Å²) < 4.78 is 5.59. The normalized spacial score (nSPS) is 16.7. The highest BCUT2D eigenvalue weighted by molar-refractivity contribution is 6.04. The van der Waals surface area contributed by atoms with E-state index >= 15 is 0 Å². The van der Waals surface area contributed by atoms with E-state index in [0.717, 1.165) is 48.3 Å². The average molecular weight is 391 g/mol. The third kappa shape index (κ3) is 4.00. The molecule has 0 saturated carbocycles. The van der Waals surface area contributed by atoms with Gasteiger partial charge in [-0.15, -0.1) is 0 Å².